The smallest absolute Gasteiger partial charge is 0.255 e. The van der Waals surface area contributed by atoms with Crippen LogP contribution in [0.4, 0.5) is 0 Å². The zero-order valence-corrected chi connectivity index (χ0v) is 11.6. The molecule has 0 radical (unpaired) electrons. The van der Waals surface area contributed by atoms with Crippen molar-refractivity contribution in [3.8, 4) is 5.75 Å². The molecule has 0 atom stereocenters. The number of aromatic nitrogens is 2. The molecule has 0 saturated heterocycles. The summed E-state index contributed by atoms with van der Waals surface area (Å²) in [5.41, 5.74) is 0.267. The van der Waals surface area contributed by atoms with Gasteiger partial charge in [-0.25, -0.2) is 4.98 Å². The van der Waals surface area contributed by atoms with Crippen LogP contribution in [0, 0.1) is 0 Å². The molecule has 0 aliphatic rings. The van der Waals surface area contributed by atoms with E-state index in [1.54, 1.807) is 18.3 Å². The summed E-state index contributed by atoms with van der Waals surface area (Å²) in [7, 11) is 1.86. The van der Waals surface area contributed by atoms with Gasteiger partial charge in [-0.3, -0.25) is 4.79 Å². The number of benzene rings is 2. The molecule has 21 heavy (non-hydrogen) atoms. The van der Waals surface area contributed by atoms with Crippen LogP contribution in [-0.2, 0) is 13.6 Å². The van der Waals surface area contributed by atoms with E-state index in [2.05, 4.69) is 10.3 Å². The monoisotopic (exact) mass is 281 g/mol. The van der Waals surface area contributed by atoms with Crippen molar-refractivity contribution in [3.63, 3.8) is 0 Å². The number of imidazole rings is 1. The number of phenols is 1. The first kappa shape index (κ1) is 13.2. The Morgan fingerprint density at radius 1 is 1.29 bits per heavy atom. The van der Waals surface area contributed by atoms with Crippen molar-refractivity contribution in [1.29, 1.82) is 0 Å². The summed E-state index contributed by atoms with van der Waals surface area (Å²) in [6.45, 7) is 0.314. The minimum atomic E-state index is -0.318. The first-order valence-electron chi connectivity index (χ1n) is 6.61. The number of nitrogens with zero attached hydrogens (tertiary/aromatic N) is 2. The van der Waals surface area contributed by atoms with Gasteiger partial charge >= 0.3 is 0 Å². The highest BCUT2D eigenvalue weighted by atomic mass is 16.3. The van der Waals surface area contributed by atoms with E-state index in [4.69, 9.17) is 0 Å². The first-order chi connectivity index (χ1) is 10.1. The third kappa shape index (κ3) is 2.58. The van der Waals surface area contributed by atoms with E-state index in [9.17, 15) is 9.90 Å². The van der Waals surface area contributed by atoms with Crippen LogP contribution < -0.4 is 5.32 Å². The van der Waals surface area contributed by atoms with E-state index >= 15 is 0 Å². The zero-order chi connectivity index (χ0) is 14.8. The van der Waals surface area contributed by atoms with Gasteiger partial charge in [-0.2, -0.15) is 0 Å². The molecule has 0 fully saturated rings. The maximum atomic E-state index is 12.2. The van der Waals surface area contributed by atoms with Gasteiger partial charge in [-0.05, 0) is 22.9 Å². The number of rotatable bonds is 3. The standard InChI is InChI=1S/C16H15N3O2/c1-19-7-6-17-15(19)10-18-16(21)13-8-11-4-2-3-5-12(11)9-14(13)20/h2-9,20H,10H2,1H3,(H,18,21). The second kappa shape index (κ2) is 5.28. The molecule has 0 unspecified atom stereocenters. The number of phenolic OH excluding ortho intramolecular Hbond substituents is 1. The number of carbonyl (C=O) groups excluding carboxylic acids is 1. The molecule has 106 valence electrons. The lowest BCUT2D eigenvalue weighted by molar-refractivity contribution is 0.0947. The summed E-state index contributed by atoms with van der Waals surface area (Å²) in [6.07, 6.45) is 3.49. The second-order valence-electron chi connectivity index (χ2n) is 4.85. The number of amides is 1. The Morgan fingerprint density at radius 2 is 2.00 bits per heavy atom. The van der Waals surface area contributed by atoms with E-state index in [1.165, 1.54) is 0 Å². The minimum absolute atomic E-state index is 0.0222. The summed E-state index contributed by atoms with van der Waals surface area (Å²) >= 11 is 0. The van der Waals surface area contributed by atoms with Crippen molar-refractivity contribution in [2.45, 2.75) is 6.54 Å². The van der Waals surface area contributed by atoms with Crippen molar-refractivity contribution in [3.05, 3.63) is 60.2 Å². The van der Waals surface area contributed by atoms with Crippen LogP contribution in [0.15, 0.2) is 48.8 Å². The zero-order valence-electron chi connectivity index (χ0n) is 11.6. The highest BCUT2D eigenvalue weighted by Crippen LogP contribution is 2.24. The third-order valence-corrected chi connectivity index (χ3v) is 3.44. The van der Waals surface area contributed by atoms with Crippen molar-refractivity contribution in [2.75, 3.05) is 0 Å². The molecule has 0 bridgehead atoms. The number of hydrogen-bond acceptors (Lipinski definition) is 3. The fraction of sp³-hybridized carbons (Fsp3) is 0.125. The Morgan fingerprint density at radius 3 is 2.67 bits per heavy atom. The predicted molar refractivity (Wildman–Crippen MR) is 80.0 cm³/mol. The van der Waals surface area contributed by atoms with E-state index in [0.29, 0.717) is 6.54 Å². The molecule has 0 aliphatic heterocycles. The van der Waals surface area contributed by atoms with Gasteiger partial charge in [-0.15, -0.1) is 0 Å². The Balaban J connectivity index is 1.84. The van der Waals surface area contributed by atoms with Crippen molar-refractivity contribution >= 4 is 16.7 Å². The summed E-state index contributed by atoms with van der Waals surface area (Å²) in [5, 5.41) is 14.6. The Labute approximate surface area is 121 Å². The Hall–Kier alpha value is -2.82. The molecular formula is C16H15N3O2. The molecule has 3 aromatic rings. The number of carbonyl (C=O) groups is 1. The van der Waals surface area contributed by atoms with Gasteiger partial charge in [0, 0.05) is 19.4 Å². The molecule has 3 rings (SSSR count). The molecule has 2 aromatic carbocycles. The maximum absolute atomic E-state index is 12.2. The lowest BCUT2D eigenvalue weighted by Gasteiger charge is -2.08. The SMILES string of the molecule is Cn1ccnc1CNC(=O)c1cc2ccccc2cc1O. The van der Waals surface area contributed by atoms with E-state index in [1.807, 2.05) is 42.1 Å². The Bertz CT molecular complexity index is 808. The number of aryl methyl sites for hydroxylation is 1. The summed E-state index contributed by atoms with van der Waals surface area (Å²) in [5.74, 6) is 0.413. The molecule has 0 spiro atoms. The lowest BCUT2D eigenvalue weighted by atomic mass is 10.1. The van der Waals surface area contributed by atoms with Crippen LogP contribution in [0.2, 0.25) is 0 Å². The molecule has 5 nitrogen and oxygen atoms in total. The fourth-order valence-electron chi connectivity index (χ4n) is 2.23. The summed E-state index contributed by atoms with van der Waals surface area (Å²) < 4.78 is 1.83. The van der Waals surface area contributed by atoms with Gasteiger partial charge in [0.05, 0.1) is 12.1 Å². The molecule has 0 aliphatic carbocycles. The summed E-state index contributed by atoms with van der Waals surface area (Å²) in [6, 6.07) is 10.9. The van der Waals surface area contributed by atoms with Gasteiger partial charge in [0.25, 0.3) is 5.91 Å². The number of nitrogens with one attached hydrogen (secondary N) is 1. The van der Waals surface area contributed by atoms with Crippen LogP contribution in [0.25, 0.3) is 10.8 Å². The third-order valence-electron chi connectivity index (χ3n) is 3.44. The average molecular weight is 281 g/mol. The van der Waals surface area contributed by atoms with Crippen molar-refractivity contribution in [2.24, 2.45) is 7.05 Å². The first-order valence-corrected chi connectivity index (χ1v) is 6.61. The van der Waals surface area contributed by atoms with Crippen molar-refractivity contribution in [1.82, 2.24) is 14.9 Å². The molecular weight excluding hydrogens is 266 g/mol. The van der Waals surface area contributed by atoms with Crippen LogP contribution in [0.5, 0.6) is 5.75 Å². The van der Waals surface area contributed by atoms with Crippen molar-refractivity contribution < 1.29 is 9.90 Å². The van der Waals surface area contributed by atoms with Crippen LogP contribution in [0.1, 0.15) is 16.2 Å². The predicted octanol–water partition coefficient (Wildman–Crippen LogP) is 2.21. The molecule has 1 amide bonds. The van der Waals surface area contributed by atoms with Gasteiger partial charge < -0.3 is 15.0 Å². The second-order valence-corrected chi connectivity index (χ2v) is 4.85. The molecule has 1 aromatic heterocycles. The number of hydrogen-bond donors (Lipinski definition) is 2. The summed E-state index contributed by atoms with van der Waals surface area (Å²) in [4.78, 5) is 16.3. The highest BCUT2D eigenvalue weighted by molar-refractivity contribution is 6.01. The molecule has 5 heteroatoms. The highest BCUT2D eigenvalue weighted by Gasteiger charge is 2.12. The quantitative estimate of drug-likeness (QED) is 0.773. The Kier molecular flexibility index (Phi) is 3.31. The van der Waals surface area contributed by atoms with Gasteiger partial charge in [0.15, 0.2) is 0 Å². The minimum Gasteiger partial charge on any atom is -0.507 e. The van der Waals surface area contributed by atoms with Gasteiger partial charge in [0.2, 0.25) is 0 Å². The fourth-order valence-corrected chi connectivity index (χ4v) is 2.23. The van der Waals surface area contributed by atoms with Gasteiger partial charge in [0.1, 0.15) is 11.6 Å². The lowest BCUT2D eigenvalue weighted by Crippen LogP contribution is -2.24. The average Bonchev–Trinajstić information content (AvgIpc) is 2.89. The normalized spacial score (nSPS) is 10.7. The van der Waals surface area contributed by atoms with E-state index < -0.39 is 0 Å². The van der Waals surface area contributed by atoms with Crippen LogP contribution >= 0.6 is 0 Å². The number of aromatic hydroxyl groups is 1. The molecule has 1 heterocycles. The maximum Gasteiger partial charge on any atom is 0.255 e. The van der Waals surface area contributed by atoms with Crippen LogP contribution in [-0.4, -0.2) is 20.6 Å². The molecule has 2 N–H and O–H groups in total. The van der Waals surface area contributed by atoms with Gasteiger partial charge in [-0.1, -0.05) is 24.3 Å². The van der Waals surface area contributed by atoms with E-state index in [0.717, 1.165) is 16.6 Å². The topological polar surface area (TPSA) is 67.2 Å². The van der Waals surface area contributed by atoms with E-state index in [-0.39, 0.29) is 17.2 Å². The van der Waals surface area contributed by atoms with Crippen LogP contribution in [0.3, 0.4) is 0 Å². The largest absolute Gasteiger partial charge is 0.507 e. The molecule has 0 saturated carbocycles. The number of fused-ring (bicyclic) bond motifs is 1.